The predicted octanol–water partition coefficient (Wildman–Crippen LogP) is 1.29. The van der Waals surface area contributed by atoms with Gasteiger partial charge in [0.25, 0.3) is 0 Å². The first kappa shape index (κ1) is 15.7. The molecule has 0 atom stereocenters. The summed E-state index contributed by atoms with van der Waals surface area (Å²) in [6.45, 7) is 0.116. The van der Waals surface area contributed by atoms with Crippen molar-refractivity contribution in [3.8, 4) is 0 Å². The van der Waals surface area contributed by atoms with Gasteiger partial charge in [-0.2, -0.15) is 0 Å². The molecule has 5 nitrogen and oxygen atoms in total. The molecule has 0 spiro atoms. The van der Waals surface area contributed by atoms with Gasteiger partial charge in [0.1, 0.15) is 0 Å². The Balaban J connectivity index is 2.27. The summed E-state index contributed by atoms with van der Waals surface area (Å²) in [5, 5.41) is 10.8. The summed E-state index contributed by atoms with van der Waals surface area (Å²) in [7, 11) is -3.83. The van der Waals surface area contributed by atoms with Gasteiger partial charge in [0.2, 0.25) is 10.0 Å². The van der Waals surface area contributed by atoms with Gasteiger partial charge in [0.05, 0.1) is 10.9 Å². The van der Waals surface area contributed by atoms with Gasteiger partial charge in [-0.3, -0.25) is 0 Å². The lowest BCUT2D eigenvalue weighted by molar-refractivity contribution is -0.255. The molecule has 1 N–H and O–H groups in total. The van der Waals surface area contributed by atoms with Gasteiger partial charge in [-0.15, -0.1) is 0 Å². The van der Waals surface area contributed by atoms with E-state index in [2.05, 4.69) is 20.7 Å². The van der Waals surface area contributed by atoms with E-state index in [0.29, 0.717) is 0 Å². The number of aromatic carboxylic acids is 1. The van der Waals surface area contributed by atoms with Gasteiger partial charge in [-0.05, 0) is 39.2 Å². The molecule has 0 aliphatic heterocycles. The van der Waals surface area contributed by atoms with Crippen molar-refractivity contribution in [2.45, 2.75) is 11.4 Å². The fourth-order valence-corrected chi connectivity index (χ4v) is 3.69. The summed E-state index contributed by atoms with van der Waals surface area (Å²) < 4.78 is 27.2. The van der Waals surface area contributed by atoms with Gasteiger partial charge in [-0.25, -0.2) is 13.1 Å². The van der Waals surface area contributed by atoms with Crippen LogP contribution in [0.2, 0.25) is 0 Å². The van der Waals surface area contributed by atoms with Gasteiger partial charge < -0.3 is 9.90 Å². The highest BCUT2D eigenvalue weighted by Crippen LogP contribution is 2.23. The number of rotatable bonds is 5. The maximum atomic E-state index is 12.2. The fraction of sp³-hybridized carbons (Fsp3) is 0.0714. The molecule has 0 saturated heterocycles. The molecule has 110 valence electrons. The van der Waals surface area contributed by atoms with E-state index in [4.69, 9.17) is 0 Å². The average Bonchev–Trinajstić information content (AvgIpc) is 2.46. The van der Waals surface area contributed by atoms with E-state index in [9.17, 15) is 18.3 Å². The summed E-state index contributed by atoms with van der Waals surface area (Å²) in [5.41, 5.74) is 0.603. The van der Waals surface area contributed by atoms with Crippen LogP contribution in [0.25, 0.3) is 0 Å². The Morgan fingerprint density at radius 2 is 1.81 bits per heavy atom. The van der Waals surface area contributed by atoms with Crippen LogP contribution in [0.5, 0.6) is 0 Å². The second-order valence-electron chi connectivity index (χ2n) is 4.24. The highest BCUT2D eigenvalue weighted by Gasteiger charge is 2.18. The Hall–Kier alpha value is -1.70. The summed E-state index contributed by atoms with van der Waals surface area (Å²) >= 11 is 3.11. The highest BCUT2D eigenvalue weighted by atomic mass is 79.9. The zero-order chi connectivity index (χ0) is 15.5. The van der Waals surface area contributed by atoms with Crippen molar-refractivity contribution >= 4 is 31.9 Å². The average molecular weight is 369 g/mol. The monoisotopic (exact) mass is 368 g/mol. The molecule has 0 aliphatic rings. The Bertz CT molecular complexity index is 760. The Morgan fingerprint density at radius 1 is 1.14 bits per heavy atom. The summed E-state index contributed by atoms with van der Waals surface area (Å²) in [5.74, 6) is -1.43. The normalized spacial score (nSPS) is 11.3. The van der Waals surface area contributed by atoms with E-state index in [0.717, 1.165) is 11.6 Å². The predicted molar refractivity (Wildman–Crippen MR) is 78.9 cm³/mol. The number of halogens is 1. The van der Waals surface area contributed by atoms with Crippen molar-refractivity contribution in [1.29, 1.82) is 0 Å². The van der Waals surface area contributed by atoms with E-state index >= 15 is 0 Å². The number of benzene rings is 2. The van der Waals surface area contributed by atoms with Crippen molar-refractivity contribution in [3.63, 3.8) is 0 Å². The van der Waals surface area contributed by atoms with Crippen LogP contribution in [-0.4, -0.2) is 14.4 Å². The number of carbonyl (C=O) groups excluding carboxylic acids is 1. The summed E-state index contributed by atoms with van der Waals surface area (Å²) in [6.07, 6.45) is 0. The van der Waals surface area contributed by atoms with E-state index in [-0.39, 0.29) is 21.5 Å². The van der Waals surface area contributed by atoms with E-state index < -0.39 is 16.0 Å². The van der Waals surface area contributed by atoms with Crippen LogP contribution in [0.1, 0.15) is 15.9 Å². The third-order valence-electron chi connectivity index (χ3n) is 2.77. The minimum atomic E-state index is -3.83. The number of hydrogen-bond acceptors (Lipinski definition) is 4. The SMILES string of the molecule is O=C([O-])c1ccc(Br)c(S(=O)(=O)NCc2ccccc2)c1. The van der Waals surface area contributed by atoms with Crippen LogP contribution in [0.3, 0.4) is 0 Å². The van der Waals surface area contributed by atoms with Crippen LogP contribution in [0.4, 0.5) is 0 Å². The van der Waals surface area contributed by atoms with E-state index in [1.165, 1.54) is 12.1 Å². The van der Waals surface area contributed by atoms with Crippen molar-refractivity contribution in [2.24, 2.45) is 0 Å². The van der Waals surface area contributed by atoms with E-state index in [1.807, 2.05) is 6.07 Å². The Kier molecular flexibility index (Phi) is 4.76. The highest BCUT2D eigenvalue weighted by molar-refractivity contribution is 9.10. The zero-order valence-electron chi connectivity index (χ0n) is 10.7. The topological polar surface area (TPSA) is 86.3 Å². The van der Waals surface area contributed by atoms with E-state index in [1.54, 1.807) is 24.3 Å². The number of carboxylic acid groups (broad SMARTS) is 1. The number of hydrogen-bond donors (Lipinski definition) is 1. The molecule has 0 aliphatic carbocycles. The molecular formula is C14H11BrNO4S-. The van der Waals surface area contributed by atoms with Crippen LogP contribution in [-0.2, 0) is 16.6 Å². The van der Waals surface area contributed by atoms with Gasteiger partial charge in [-0.1, -0.05) is 36.4 Å². The number of nitrogens with one attached hydrogen (secondary N) is 1. The molecule has 2 rings (SSSR count). The molecule has 0 aromatic heterocycles. The van der Waals surface area contributed by atoms with Crippen LogP contribution in [0.15, 0.2) is 57.9 Å². The smallest absolute Gasteiger partial charge is 0.242 e. The summed E-state index contributed by atoms with van der Waals surface area (Å²) in [4.78, 5) is 10.7. The third kappa shape index (κ3) is 3.90. The van der Waals surface area contributed by atoms with Crippen molar-refractivity contribution < 1.29 is 18.3 Å². The lowest BCUT2D eigenvalue weighted by atomic mass is 10.2. The lowest BCUT2D eigenvalue weighted by Crippen LogP contribution is -2.26. The first-order chi connectivity index (χ1) is 9.90. The third-order valence-corrected chi connectivity index (χ3v) is 5.16. The molecular weight excluding hydrogens is 358 g/mol. The maximum absolute atomic E-state index is 12.2. The Labute approximate surface area is 130 Å². The summed E-state index contributed by atoms with van der Waals surface area (Å²) in [6, 6.07) is 12.7. The van der Waals surface area contributed by atoms with Gasteiger partial charge >= 0.3 is 0 Å². The maximum Gasteiger partial charge on any atom is 0.242 e. The Morgan fingerprint density at radius 3 is 2.43 bits per heavy atom. The number of sulfonamides is 1. The number of carboxylic acids is 1. The zero-order valence-corrected chi connectivity index (χ0v) is 13.1. The van der Waals surface area contributed by atoms with Crippen LogP contribution in [0, 0.1) is 0 Å². The lowest BCUT2D eigenvalue weighted by Gasteiger charge is -2.11. The molecule has 0 saturated carbocycles. The minimum absolute atomic E-state index is 0.116. The molecule has 0 amide bonds. The van der Waals surface area contributed by atoms with Crippen LogP contribution < -0.4 is 9.83 Å². The second kappa shape index (κ2) is 6.38. The molecule has 0 heterocycles. The largest absolute Gasteiger partial charge is 0.545 e. The molecule has 2 aromatic rings. The quantitative estimate of drug-likeness (QED) is 0.861. The fourth-order valence-electron chi connectivity index (χ4n) is 1.69. The second-order valence-corrected chi connectivity index (χ2v) is 6.83. The van der Waals surface area contributed by atoms with Gasteiger partial charge in [0, 0.05) is 11.0 Å². The van der Waals surface area contributed by atoms with Crippen molar-refractivity contribution in [1.82, 2.24) is 4.72 Å². The van der Waals surface area contributed by atoms with Gasteiger partial charge in [0.15, 0.2) is 0 Å². The molecule has 7 heteroatoms. The number of carbonyl (C=O) groups is 1. The van der Waals surface area contributed by atoms with Crippen molar-refractivity contribution in [3.05, 3.63) is 64.1 Å². The minimum Gasteiger partial charge on any atom is -0.545 e. The standard InChI is InChI=1S/C14H12BrNO4S/c15-12-7-6-11(14(17)18)8-13(12)21(19,20)16-9-10-4-2-1-3-5-10/h1-8,16H,9H2,(H,17,18)/p-1. The van der Waals surface area contributed by atoms with Crippen LogP contribution >= 0.6 is 15.9 Å². The molecule has 0 radical (unpaired) electrons. The first-order valence-corrected chi connectivity index (χ1v) is 8.22. The molecule has 0 bridgehead atoms. The van der Waals surface area contributed by atoms with Crippen molar-refractivity contribution in [2.75, 3.05) is 0 Å². The molecule has 2 aromatic carbocycles. The molecule has 0 fully saturated rings. The molecule has 0 unspecified atom stereocenters. The first-order valence-electron chi connectivity index (χ1n) is 5.94. The molecule has 21 heavy (non-hydrogen) atoms.